The zero-order chi connectivity index (χ0) is 14.5. The zero-order valence-electron chi connectivity index (χ0n) is 11.1. The summed E-state index contributed by atoms with van der Waals surface area (Å²) in [6.07, 6.45) is 3.21. The lowest BCUT2D eigenvalue weighted by atomic mass is 10.2. The summed E-state index contributed by atoms with van der Waals surface area (Å²) in [4.78, 5) is 6.09. The second kappa shape index (κ2) is 6.59. The number of hydrazone groups is 1. The Bertz CT molecular complexity index is 609. The van der Waals surface area contributed by atoms with E-state index in [1.807, 2.05) is 43.3 Å². The van der Waals surface area contributed by atoms with Gasteiger partial charge in [-0.05, 0) is 23.8 Å². The van der Waals surface area contributed by atoms with Crippen LogP contribution in [0, 0.1) is 0 Å². The third-order valence-electron chi connectivity index (χ3n) is 2.60. The van der Waals surface area contributed by atoms with Gasteiger partial charge >= 0.3 is 0 Å². The van der Waals surface area contributed by atoms with Gasteiger partial charge in [-0.3, -0.25) is 5.43 Å². The zero-order valence-corrected chi connectivity index (χ0v) is 12.7. The number of nitrogens with zero attached hydrogens (tertiary/aromatic N) is 3. The van der Waals surface area contributed by atoms with Crippen LogP contribution in [-0.2, 0) is 0 Å². The number of rotatable bonds is 4. The first kappa shape index (κ1) is 14.6. The lowest BCUT2D eigenvalue weighted by Gasteiger charge is -2.11. The van der Waals surface area contributed by atoms with Crippen LogP contribution >= 0.6 is 23.2 Å². The van der Waals surface area contributed by atoms with Crippen molar-refractivity contribution < 1.29 is 0 Å². The molecule has 4 nitrogen and oxygen atoms in total. The van der Waals surface area contributed by atoms with Crippen LogP contribution in [0.25, 0.3) is 0 Å². The molecular formula is C14H14Cl2N4. The van der Waals surface area contributed by atoms with Gasteiger partial charge in [0.1, 0.15) is 0 Å². The Labute approximate surface area is 128 Å². The van der Waals surface area contributed by atoms with Crippen molar-refractivity contribution in [2.45, 2.75) is 0 Å². The maximum absolute atomic E-state index is 5.98. The van der Waals surface area contributed by atoms with Gasteiger partial charge in [0.2, 0.25) is 0 Å². The Morgan fingerprint density at radius 3 is 2.50 bits per heavy atom. The fourth-order valence-electron chi connectivity index (χ4n) is 1.52. The Balaban J connectivity index is 2.02. The number of hydrogen-bond acceptors (Lipinski definition) is 4. The Morgan fingerprint density at radius 2 is 1.90 bits per heavy atom. The van der Waals surface area contributed by atoms with Crippen molar-refractivity contribution in [1.82, 2.24) is 4.98 Å². The third kappa shape index (κ3) is 3.85. The summed E-state index contributed by atoms with van der Waals surface area (Å²) in [5.74, 6) is 0.470. The normalized spacial score (nSPS) is 10.8. The van der Waals surface area contributed by atoms with Crippen LogP contribution in [0.5, 0.6) is 0 Å². The molecule has 1 N–H and O–H groups in total. The van der Waals surface area contributed by atoms with Gasteiger partial charge in [-0.1, -0.05) is 35.3 Å². The molecule has 1 heterocycles. The number of aromatic nitrogens is 1. The van der Waals surface area contributed by atoms with Crippen molar-refractivity contribution in [3.8, 4) is 0 Å². The highest BCUT2D eigenvalue weighted by atomic mass is 35.5. The molecule has 6 heteroatoms. The van der Waals surface area contributed by atoms with E-state index in [9.17, 15) is 0 Å². The molecule has 1 aromatic carbocycles. The van der Waals surface area contributed by atoms with E-state index in [4.69, 9.17) is 23.2 Å². The maximum atomic E-state index is 5.98. The SMILES string of the molecule is CN(C)c1ccc(/C=N/Nc2ncc(Cl)cc2Cl)cc1. The van der Waals surface area contributed by atoms with E-state index in [1.54, 1.807) is 12.3 Å². The highest BCUT2D eigenvalue weighted by Crippen LogP contribution is 2.22. The van der Waals surface area contributed by atoms with E-state index >= 15 is 0 Å². The summed E-state index contributed by atoms with van der Waals surface area (Å²) in [6, 6.07) is 9.62. The minimum atomic E-state index is 0.428. The second-order valence-corrected chi connectivity index (χ2v) is 5.18. The number of benzene rings is 1. The molecule has 0 saturated carbocycles. The minimum absolute atomic E-state index is 0.428. The van der Waals surface area contributed by atoms with Crippen LogP contribution in [0.4, 0.5) is 11.5 Å². The Morgan fingerprint density at radius 1 is 1.20 bits per heavy atom. The van der Waals surface area contributed by atoms with E-state index in [1.165, 1.54) is 6.20 Å². The fourth-order valence-corrected chi connectivity index (χ4v) is 1.95. The molecule has 2 rings (SSSR count). The smallest absolute Gasteiger partial charge is 0.165 e. The van der Waals surface area contributed by atoms with Gasteiger partial charge in [-0.25, -0.2) is 4.98 Å². The van der Waals surface area contributed by atoms with Crippen molar-refractivity contribution in [3.05, 3.63) is 52.1 Å². The lowest BCUT2D eigenvalue weighted by Crippen LogP contribution is -2.08. The molecule has 0 radical (unpaired) electrons. The van der Waals surface area contributed by atoms with Crippen LogP contribution < -0.4 is 10.3 Å². The van der Waals surface area contributed by atoms with Gasteiger partial charge in [0.15, 0.2) is 5.82 Å². The average molecular weight is 309 g/mol. The summed E-state index contributed by atoms with van der Waals surface area (Å²) < 4.78 is 0. The van der Waals surface area contributed by atoms with Gasteiger partial charge < -0.3 is 4.90 Å². The topological polar surface area (TPSA) is 40.5 Å². The monoisotopic (exact) mass is 308 g/mol. The predicted molar refractivity (Wildman–Crippen MR) is 86.2 cm³/mol. The molecule has 0 aliphatic carbocycles. The van der Waals surface area contributed by atoms with Crippen LogP contribution in [-0.4, -0.2) is 25.3 Å². The van der Waals surface area contributed by atoms with E-state index in [-0.39, 0.29) is 0 Å². The van der Waals surface area contributed by atoms with Crippen molar-refractivity contribution in [2.24, 2.45) is 5.10 Å². The number of anilines is 2. The standard InChI is InChI=1S/C14H14Cl2N4/c1-20(2)12-5-3-10(4-6-12)8-18-19-14-13(16)7-11(15)9-17-14/h3-9H,1-2H3,(H,17,19)/b18-8+. The van der Waals surface area contributed by atoms with Crippen molar-refractivity contribution >= 4 is 40.9 Å². The van der Waals surface area contributed by atoms with E-state index < -0.39 is 0 Å². The van der Waals surface area contributed by atoms with Crippen LogP contribution in [0.1, 0.15) is 5.56 Å². The molecule has 0 atom stereocenters. The highest BCUT2D eigenvalue weighted by Gasteiger charge is 2.00. The van der Waals surface area contributed by atoms with Gasteiger partial charge in [0, 0.05) is 26.0 Å². The van der Waals surface area contributed by atoms with Crippen molar-refractivity contribution in [2.75, 3.05) is 24.4 Å². The summed E-state index contributed by atoms with van der Waals surface area (Å²) >= 11 is 11.7. The molecule has 0 unspecified atom stereocenters. The third-order valence-corrected chi connectivity index (χ3v) is 3.10. The largest absolute Gasteiger partial charge is 0.378 e. The molecule has 0 spiro atoms. The van der Waals surface area contributed by atoms with E-state index in [2.05, 4.69) is 15.5 Å². The molecule has 104 valence electrons. The van der Waals surface area contributed by atoms with Crippen LogP contribution in [0.15, 0.2) is 41.6 Å². The summed E-state index contributed by atoms with van der Waals surface area (Å²) in [5.41, 5.74) is 4.90. The Hall–Kier alpha value is -1.78. The first-order valence-corrected chi connectivity index (χ1v) is 6.69. The number of halogens is 2. The fraction of sp³-hybridized carbons (Fsp3) is 0.143. The predicted octanol–water partition coefficient (Wildman–Crippen LogP) is 3.90. The lowest BCUT2D eigenvalue weighted by molar-refractivity contribution is 1.13. The minimum Gasteiger partial charge on any atom is -0.378 e. The molecule has 0 aliphatic rings. The molecule has 1 aromatic heterocycles. The van der Waals surface area contributed by atoms with E-state index in [0.29, 0.717) is 15.9 Å². The Kier molecular flexibility index (Phi) is 4.82. The average Bonchev–Trinajstić information content (AvgIpc) is 2.42. The first-order chi connectivity index (χ1) is 9.56. The number of nitrogens with one attached hydrogen (secondary N) is 1. The quantitative estimate of drug-likeness (QED) is 0.688. The molecular weight excluding hydrogens is 295 g/mol. The molecule has 20 heavy (non-hydrogen) atoms. The molecule has 0 bridgehead atoms. The summed E-state index contributed by atoms with van der Waals surface area (Å²) in [5, 5.41) is 5.02. The van der Waals surface area contributed by atoms with Gasteiger partial charge in [-0.2, -0.15) is 5.10 Å². The first-order valence-electron chi connectivity index (χ1n) is 5.94. The molecule has 0 amide bonds. The molecule has 0 aliphatic heterocycles. The maximum Gasteiger partial charge on any atom is 0.165 e. The van der Waals surface area contributed by atoms with Crippen molar-refractivity contribution in [3.63, 3.8) is 0 Å². The van der Waals surface area contributed by atoms with E-state index in [0.717, 1.165) is 11.3 Å². The van der Waals surface area contributed by atoms with Crippen LogP contribution in [0.3, 0.4) is 0 Å². The molecule has 2 aromatic rings. The summed E-state index contributed by atoms with van der Waals surface area (Å²) in [6.45, 7) is 0. The molecule has 0 saturated heterocycles. The number of pyridine rings is 1. The number of hydrogen-bond donors (Lipinski definition) is 1. The van der Waals surface area contributed by atoms with Gasteiger partial charge in [0.25, 0.3) is 0 Å². The van der Waals surface area contributed by atoms with Gasteiger partial charge in [-0.15, -0.1) is 0 Å². The van der Waals surface area contributed by atoms with Crippen LogP contribution in [0.2, 0.25) is 10.0 Å². The van der Waals surface area contributed by atoms with Gasteiger partial charge in [0.05, 0.1) is 16.3 Å². The summed E-state index contributed by atoms with van der Waals surface area (Å²) in [7, 11) is 4.00. The second-order valence-electron chi connectivity index (χ2n) is 4.34. The van der Waals surface area contributed by atoms with Crippen molar-refractivity contribution in [1.29, 1.82) is 0 Å². The highest BCUT2D eigenvalue weighted by molar-refractivity contribution is 6.35. The molecule has 0 fully saturated rings.